The third-order valence-electron chi connectivity index (χ3n) is 8.35. The molecule has 2 aromatic carbocycles. The summed E-state index contributed by atoms with van der Waals surface area (Å²) in [5.74, 6) is 0.541. The zero-order chi connectivity index (χ0) is 25.4. The number of fused-ring (bicyclic) bond motifs is 1. The van der Waals surface area contributed by atoms with Gasteiger partial charge in [0.25, 0.3) is 0 Å². The number of ketones is 1. The van der Waals surface area contributed by atoms with Crippen LogP contribution in [-0.4, -0.2) is 25.9 Å². The first kappa shape index (κ1) is 26.4. The lowest BCUT2D eigenvalue weighted by atomic mass is 9.69. The number of hydrogen-bond acceptors (Lipinski definition) is 4. The average molecular weight is 517 g/mol. The SMILES string of the molecule is C[C@H](C(=O)Cc1ccc2c(c1)C(S(=O)(=O)c1cccc(Cl)c1)C[C@H](CO)C2)C1CCC(C)(C)CC1. The summed E-state index contributed by atoms with van der Waals surface area (Å²) in [5, 5.41) is 9.45. The normalized spacial score (nSPS) is 23.5. The topological polar surface area (TPSA) is 71.4 Å². The maximum Gasteiger partial charge on any atom is 0.185 e. The van der Waals surface area contributed by atoms with Crippen molar-refractivity contribution in [2.75, 3.05) is 6.61 Å². The van der Waals surface area contributed by atoms with Crippen LogP contribution in [0.3, 0.4) is 0 Å². The number of rotatable bonds is 7. The third-order valence-corrected chi connectivity index (χ3v) is 10.7. The molecular weight excluding hydrogens is 480 g/mol. The van der Waals surface area contributed by atoms with Crippen molar-refractivity contribution in [3.63, 3.8) is 0 Å². The average Bonchev–Trinajstić information content (AvgIpc) is 2.82. The largest absolute Gasteiger partial charge is 0.396 e. The Balaban J connectivity index is 1.59. The monoisotopic (exact) mass is 516 g/mol. The summed E-state index contributed by atoms with van der Waals surface area (Å²) in [4.78, 5) is 13.4. The van der Waals surface area contributed by atoms with E-state index in [1.54, 1.807) is 18.2 Å². The van der Waals surface area contributed by atoms with Crippen molar-refractivity contribution in [3.8, 4) is 0 Å². The van der Waals surface area contributed by atoms with Crippen molar-refractivity contribution in [2.45, 2.75) is 75.9 Å². The molecule has 0 amide bonds. The summed E-state index contributed by atoms with van der Waals surface area (Å²) >= 11 is 6.10. The first-order chi connectivity index (χ1) is 16.5. The second-order valence-electron chi connectivity index (χ2n) is 11.4. The van der Waals surface area contributed by atoms with E-state index in [1.807, 2.05) is 18.2 Å². The fourth-order valence-electron chi connectivity index (χ4n) is 5.85. The van der Waals surface area contributed by atoms with Crippen LogP contribution >= 0.6 is 11.6 Å². The van der Waals surface area contributed by atoms with Crippen molar-refractivity contribution in [3.05, 3.63) is 64.2 Å². The number of sulfone groups is 1. The fraction of sp³-hybridized carbons (Fsp3) is 0.552. The zero-order valence-corrected chi connectivity index (χ0v) is 22.5. The number of aliphatic hydroxyl groups excluding tert-OH is 1. The molecule has 190 valence electrons. The lowest BCUT2D eigenvalue weighted by Crippen LogP contribution is -2.29. The Morgan fingerprint density at radius 1 is 1.14 bits per heavy atom. The van der Waals surface area contributed by atoms with Crippen LogP contribution in [0.25, 0.3) is 0 Å². The van der Waals surface area contributed by atoms with Gasteiger partial charge in [0.1, 0.15) is 5.78 Å². The first-order valence-electron chi connectivity index (χ1n) is 12.7. The molecule has 1 N–H and O–H groups in total. The summed E-state index contributed by atoms with van der Waals surface area (Å²) in [5.41, 5.74) is 2.93. The fourth-order valence-corrected chi connectivity index (χ4v) is 8.07. The second-order valence-corrected chi connectivity index (χ2v) is 14.0. The van der Waals surface area contributed by atoms with Gasteiger partial charge >= 0.3 is 0 Å². The quantitative estimate of drug-likeness (QED) is 0.464. The number of benzene rings is 2. The molecule has 35 heavy (non-hydrogen) atoms. The molecule has 2 aliphatic carbocycles. The van der Waals surface area contributed by atoms with E-state index in [0.29, 0.717) is 35.6 Å². The molecule has 0 bridgehead atoms. The molecule has 0 saturated heterocycles. The van der Waals surface area contributed by atoms with Crippen LogP contribution < -0.4 is 0 Å². The molecular formula is C29H37ClO4S. The Morgan fingerprint density at radius 3 is 2.51 bits per heavy atom. The van der Waals surface area contributed by atoms with Gasteiger partial charge in [-0.05, 0) is 90.7 Å². The van der Waals surface area contributed by atoms with Crippen LogP contribution in [0.4, 0.5) is 0 Å². The smallest absolute Gasteiger partial charge is 0.185 e. The molecule has 2 aliphatic rings. The highest BCUT2D eigenvalue weighted by molar-refractivity contribution is 7.91. The van der Waals surface area contributed by atoms with Crippen molar-refractivity contribution in [1.82, 2.24) is 0 Å². The Kier molecular flexibility index (Phi) is 7.80. The van der Waals surface area contributed by atoms with Gasteiger partial charge in [0.05, 0.1) is 10.1 Å². The number of halogens is 1. The number of carbonyl (C=O) groups excluding carboxylic acids is 1. The standard InChI is InChI=1S/C29H37ClO4S/c1-19(22-9-11-29(2,3)12-10-22)27(32)15-20-7-8-23-13-21(18-31)16-28(26(23)14-20)35(33,34)25-6-4-5-24(30)17-25/h4-8,14,17,19,21-22,28,31H,9-13,15-16,18H2,1-3H3/t19-,21+,28?/m0/s1. The van der Waals surface area contributed by atoms with E-state index < -0.39 is 15.1 Å². The van der Waals surface area contributed by atoms with Crippen LogP contribution in [0, 0.1) is 23.2 Å². The molecule has 2 aromatic rings. The maximum atomic E-state index is 13.7. The van der Waals surface area contributed by atoms with E-state index in [0.717, 1.165) is 42.4 Å². The Morgan fingerprint density at radius 2 is 1.86 bits per heavy atom. The van der Waals surface area contributed by atoms with Crippen molar-refractivity contribution in [2.24, 2.45) is 23.2 Å². The van der Waals surface area contributed by atoms with Crippen LogP contribution in [0.5, 0.6) is 0 Å². The van der Waals surface area contributed by atoms with Gasteiger partial charge < -0.3 is 5.11 Å². The minimum atomic E-state index is -3.71. The van der Waals surface area contributed by atoms with Crippen LogP contribution in [0.2, 0.25) is 5.02 Å². The summed E-state index contributed by atoms with van der Waals surface area (Å²) in [6, 6.07) is 12.2. The molecule has 6 heteroatoms. The molecule has 4 nitrogen and oxygen atoms in total. The summed E-state index contributed by atoms with van der Waals surface area (Å²) in [6.07, 6.45) is 5.80. The van der Waals surface area contributed by atoms with Crippen LogP contribution in [-0.2, 0) is 27.5 Å². The maximum absolute atomic E-state index is 13.7. The van der Waals surface area contributed by atoms with Crippen molar-refractivity contribution in [1.29, 1.82) is 0 Å². The molecule has 0 aromatic heterocycles. The summed E-state index contributed by atoms with van der Waals surface area (Å²) in [6.45, 7) is 6.61. The lowest BCUT2D eigenvalue weighted by Gasteiger charge is -2.36. The second kappa shape index (κ2) is 10.4. The predicted molar refractivity (Wildman–Crippen MR) is 140 cm³/mol. The minimum Gasteiger partial charge on any atom is -0.396 e. The number of aliphatic hydroxyl groups is 1. The molecule has 1 saturated carbocycles. The van der Waals surface area contributed by atoms with Crippen molar-refractivity contribution >= 4 is 27.2 Å². The zero-order valence-electron chi connectivity index (χ0n) is 21.0. The molecule has 3 atom stereocenters. The number of carbonyl (C=O) groups is 1. The predicted octanol–water partition coefficient (Wildman–Crippen LogP) is 6.37. The number of hydrogen-bond donors (Lipinski definition) is 1. The highest BCUT2D eigenvalue weighted by atomic mass is 35.5. The number of Topliss-reactive ketones (excluding diaryl/α,β-unsaturated/α-hetero) is 1. The molecule has 0 radical (unpaired) electrons. The van der Waals surface area contributed by atoms with E-state index in [-0.39, 0.29) is 29.1 Å². The van der Waals surface area contributed by atoms with E-state index in [2.05, 4.69) is 20.8 Å². The Hall–Kier alpha value is -1.69. The van der Waals surface area contributed by atoms with Gasteiger partial charge in [0.2, 0.25) is 0 Å². The molecule has 1 fully saturated rings. The van der Waals surface area contributed by atoms with Gasteiger partial charge in [0, 0.05) is 24.0 Å². The first-order valence-corrected chi connectivity index (χ1v) is 14.7. The van der Waals surface area contributed by atoms with Crippen molar-refractivity contribution < 1.29 is 18.3 Å². The van der Waals surface area contributed by atoms with Crippen LogP contribution in [0.1, 0.15) is 74.8 Å². The molecule has 4 rings (SSSR count). The van der Waals surface area contributed by atoms with E-state index in [4.69, 9.17) is 11.6 Å². The van der Waals surface area contributed by atoms with Gasteiger partial charge in [-0.3, -0.25) is 4.79 Å². The Labute approximate surface area is 215 Å². The van der Waals surface area contributed by atoms with Gasteiger partial charge in [-0.2, -0.15) is 0 Å². The van der Waals surface area contributed by atoms with Gasteiger partial charge in [-0.1, -0.05) is 56.6 Å². The molecule has 1 unspecified atom stereocenters. The highest BCUT2D eigenvalue weighted by Crippen LogP contribution is 2.43. The Bertz CT molecular complexity index is 1180. The molecule has 0 spiro atoms. The summed E-state index contributed by atoms with van der Waals surface area (Å²) in [7, 11) is -3.71. The van der Waals surface area contributed by atoms with E-state index in [9.17, 15) is 18.3 Å². The van der Waals surface area contributed by atoms with E-state index >= 15 is 0 Å². The van der Waals surface area contributed by atoms with Gasteiger partial charge in [-0.25, -0.2) is 8.42 Å². The summed E-state index contributed by atoms with van der Waals surface area (Å²) < 4.78 is 27.3. The molecule has 0 heterocycles. The third kappa shape index (κ3) is 5.84. The lowest BCUT2D eigenvalue weighted by molar-refractivity contribution is -0.124. The van der Waals surface area contributed by atoms with Gasteiger partial charge in [-0.15, -0.1) is 0 Å². The highest BCUT2D eigenvalue weighted by Gasteiger charge is 2.37. The van der Waals surface area contributed by atoms with Gasteiger partial charge in [0.15, 0.2) is 9.84 Å². The van der Waals surface area contributed by atoms with Crippen LogP contribution in [0.15, 0.2) is 47.4 Å². The van der Waals surface area contributed by atoms with E-state index in [1.165, 1.54) is 6.07 Å². The minimum absolute atomic E-state index is 0.00638. The molecule has 0 aliphatic heterocycles.